The van der Waals surface area contributed by atoms with Crippen LogP contribution in [0, 0.1) is 15.9 Å². The van der Waals surface area contributed by atoms with Crippen LogP contribution >= 0.6 is 46.1 Å². The minimum atomic E-state index is -0.666. The lowest BCUT2D eigenvalue weighted by atomic mass is 10.0. The van der Waals surface area contributed by atoms with Crippen LogP contribution in [-0.4, -0.2) is 9.49 Å². The number of nitrogens with zero attached hydrogens (tertiary/aromatic N) is 3. The Kier molecular flexibility index (Phi) is 6.10. The van der Waals surface area contributed by atoms with Crippen LogP contribution in [0.3, 0.4) is 0 Å². The van der Waals surface area contributed by atoms with Gasteiger partial charge in [0.05, 0.1) is 32.4 Å². The molecule has 0 spiro atoms. The van der Waals surface area contributed by atoms with Gasteiger partial charge in [0.2, 0.25) is 0 Å². The predicted octanol–water partition coefficient (Wildman–Crippen LogP) is 5.60. The average Bonchev–Trinajstić information content (AvgIpc) is 3.41. The van der Waals surface area contributed by atoms with E-state index in [1.807, 2.05) is 0 Å². The molecule has 0 saturated carbocycles. The van der Waals surface area contributed by atoms with Crippen LogP contribution in [0.5, 0.6) is 0 Å². The van der Waals surface area contributed by atoms with Crippen LogP contribution in [0.2, 0.25) is 15.1 Å². The molecule has 12 heteroatoms. The maximum Gasteiger partial charge on any atom is 0.433 e. The lowest BCUT2D eigenvalue weighted by Crippen LogP contribution is -2.36. The number of benzene rings is 2. The van der Waals surface area contributed by atoms with E-state index in [1.165, 1.54) is 34.9 Å². The second kappa shape index (κ2) is 9.09. The third kappa shape index (κ3) is 4.43. The number of hydrogen-bond acceptors (Lipinski definition) is 6. The molecule has 1 unspecified atom stereocenters. The topological polar surface area (TPSA) is 90.6 Å². The van der Waals surface area contributed by atoms with Gasteiger partial charge in [0.1, 0.15) is 16.5 Å². The zero-order valence-electron chi connectivity index (χ0n) is 17.2. The number of furan rings is 1. The molecule has 4 aromatic rings. The Bertz CT molecular complexity index is 1710. The van der Waals surface area contributed by atoms with Crippen LogP contribution in [-0.2, 0) is 0 Å². The summed E-state index contributed by atoms with van der Waals surface area (Å²) in [5, 5.41) is 11.5. The van der Waals surface area contributed by atoms with Crippen LogP contribution in [0.15, 0.2) is 68.8 Å². The molecule has 35 heavy (non-hydrogen) atoms. The highest BCUT2D eigenvalue weighted by Gasteiger charge is 2.24. The fourth-order valence-corrected chi connectivity index (χ4v) is 5.20. The maximum atomic E-state index is 14.3. The molecule has 0 radical (unpaired) electrons. The number of rotatable bonds is 4. The molecule has 0 N–H and O–H groups in total. The number of aromatic nitrogens is 1. The zero-order chi connectivity index (χ0) is 24.9. The number of hydrogen-bond donors (Lipinski definition) is 0. The molecule has 0 fully saturated rings. The second-order valence-electron chi connectivity index (χ2n) is 7.41. The number of fused-ring (bicyclic) bond motifs is 1. The first-order valence-corrected chi connectivity index (χ1v) is 11.8. The number of nitro groups is 1. The quantitative estimate of drug-likeness (QED) is 0.188. The van der Waals surface area contributed by atoms with E-state index < -0.39 is 22.7 Å². The Morgan fingerprint density at radius 3 is 2.54 bits per heavy atom. The van der Waals surface area contributed by atoms with Crippen molar-refractivity contribution in [1.82, 2.24) is 4.57 Å². The largest absolute Gasteiger partial charge is 0.433 e. The van der Waals surface area contributed by atoms with Gasteiger partial charge in [0.25, 0.3) is 5.56 Å². The van der Waals surface area contributed by atoms with Crippen LogP contribution in [0.4, 0.5) is 10.3 Å². The van der Waals surface area contributed by atoms with Crippen molar-refractivity contribution in [2.45, 2.75) is 6.04 Å². The minimum Gasteiger partial charge on any atom is -0.401 e. The van der Waals surface area contributed by atoms with E-state index in [4.69, 9.17) is 39.2 Å². The average molecular weight is 551 g/mol. The fourth-order valence-electron chi connectivity index (χ4n) is 3.60. The third-order valence-corrected chi connectivity index (χ3v) is 7.05. The van der Waals surface area contributed by atoms with Gasteiger partial charge in [0.15, 0.2) is 4.80 Å². The molecular weight excluding hydrogens is 540 g/mol. The fraction of sp³-hybridized carbons (Fsp3) is 0.0435. The summed E-state index contributed by atoms with van der Waals surface area (Å²) in [4.78, 5) is 28.5. The molecular formula is C23H11Cl3FN3O4S. The van der Waals surface area contributed by atoms with Gasteiger partial charge in [-0.2, -0.15) is 0 Å². The molecule has 1 aliphatic rings. The third-order valence-electron chi connectivity index (χ3n) is 5.21. The molecule has 5 rings (SSSR count). The molecule has 2 aromatic heterocycles. The van der Waals surface area contributed by atoms with Crippen LogP contribution in [0.25, 0.3) is 11.8 Å². The van der Waals surface area contributed by atoms with Crippen molar-refractivity contribution < 1.29 is 13.7 Å². The summed E-state index contributed by atoms with van der Waals surface area (Å²) in [5.74, 6) is -0.954. The molecule has 0 amide bonds. The summed E-state index contributed by atoms with van der Waals surface area (Å²) < 4.78 is 21.1. The normalized spacial score (nSPS) is 15.5. The van der Waals surface area contributed by atoms with Crippen molar-refractivity contribution in [3.8, 4) is 0 Å². The molecule has 1 atom stereocenters. The number of allylic oxidation sites excluding steroid dienone is 1. The monoisotopic (exact) mass is 549 g/mol. The molecule has 0 aliphatic carbocycles. The predicted molar refractivity (Wildman–Crippen MR) is 132 cm³/mol. The van der Waals surface area contributed by atoms with Gasteiger partial charge >= 0.3 is 5.88 Å². The molecule has 7 nitrogen and oxygen atoms in total. The van der Waals surface area contributed by atoms with Crippen LogP contribution in [0.1, 0.15) is 22.9 Å². The molecule has 0 bridgehead atoms. The Morgan fingerprint density at radius 1 is 1.11 bits per heavy atom. The van der Waals surface area contributed by atoms with E-state index in [2.05, 4.69) is 4.99 Å². The summed E-state index contributed by atoms with van der Waals surface area (Å²) >= 11 is 19.3. The van der Waals surface area contributed by atoms with Crippen molar-refractivity contribution in [2.75, 3.05) is 0 Å². The van der Waals surface area contributed by atoms with Gasteiger partial charge in [0, 0.05) is 16.7 Å². The van der Waals surface area contributed by atoms with E-state index in [-0.39, 0.29) is 25.9 Å². The maximum absolute atomic E-state index is 14.3. The Labute approximate surface area is 214 Å². The molecule has 176 valence electrons. The standard InChI is InChI=1S/C23H11Cl3FN3O4S/c24-12-3-1-11(2-4-12)19-10-18(14-8-17(27)16(26)9-15(14)25)28-23-29(19)22(31)20(35-23)7-13-5-6-21(34-13)30(32)33/h1-10,19H/b20-7-. The summed E-state index contributed by atoms with van der Waals surface area (Å²) in [6, 6.07) is 11.4. The summed E-state index contributed by atoms with van der Waals surface area (Å²) in [5.41, 5.74) is 1.02. The molecule has 1 aliphatic heterocycles. The van der Waals surface area contributed by atoms with Gasteiger partial charge in [-0.25, -0.2) is 9.38 Å². The molecule has 0 saturated heterocycles. The highest BCUT2D eigenvalue weighted by molar-refractivity contribution is 7.07. The van der Waals surface area contributed by atoms with Gasteiger partial charge in [-0.15, -0.1) is 0 Å². The molecule has 3 heterocycles. The van der Waals surface area contributed by atoms with Crippen molar-refractivity contribution in [2.24, 2.45) is 4.99 Å². The lowest BCUT2D eigenvalue weighted by molar-refractivity contribution is -0.402. The summed E-state index contributed by atoms with van der Waals surface area (Å²) in [6.07, 6.45) is 3.11. The van der Waals surface area contributed by atoms with E-state index in [0.717, 1.165) is 16.9 Å². The first kappa shape index (κ1) is 23.5. The van der Waals surface area contributed by atoms with Crippen LogP contribution < -0.4 is 14.9 Å². The van der Waals surface area contributed by atoms with Crippen molar-refractivity contribution in [1.29, 1.82) is 0 Å². The summed E-state index contributed by atoms with van der Waals surface area (Å²) in [7, 11) is 0. The van der Waals surface area contributed by atoms with E-state index in [9.17, 15) is 19.3 Å². The minimum absolute atomic E-state index is 0.123. The second-order valence-corrected chi connectivity index (χ2v) is 9.67. The lowest BCUT2D eigenvalue weighted by Gasteiger charge is -2.20. The van der Waals surface area contributed by atoms with Gasteiger partial charge in [-0.1, -0.05) is 58.3 Å². The highest BCUT2D eigenvalue weighted by Crippen LogP contribution is 2.33. The SMILES string of the molecule is O=c1/c(=C/c2ccc([N+](=O)[O-])o2)sc2n1C(c1ccc(Cl)cc1)C=C(c1cc(F)c(Cl)cc1Cl)N=2. The zero-order valence-corrected chi connectivity index (χ0v) is 20.3. The van der Waals surface area contributed by atoms with Crippen molar-refractivity contribution in [3.05, 3.63) is 122 Å². The van der Waals surface area contributed by atoms with E-state index >= 15 is 0 Å². The summed E-state index contributed by atoms with van der Waals surface area (Å²) in [6.45, 7) is 0. The van der Waals surface area contributed by atoms with E-state index in [1.54, 1.807) is 30.3 Å². The smallest absolute Gasteiger partial charge is 0.401 e. The number of halogens is 4. The van der Waals surface area contributed by atoms with Gasteiger partial charge < -0.3 is 4.42 Å². The Morgan fingerprint density at radius 2 is 1.86 bits per heavy atom. The van der Waals surface area contributed by atoms with Crippen molar-refractivity contribution >= 4 is 63.8 Å². The van der Waals surface area contributed by atoms with Gasteiger partial charge in [-0.05, 0) is 42.0 Å². The first-order valence-electron chi connectivity index (χ1n) is 9.89. The highest BCUT2D eigenvalue weighted by atomic mass is 35.5. The first-order chi connectivity index (χ1) is 16.7. The van der Waals surface area contributed by atoms with Crippen molar-refractivity contribution in [3.63, 3.8) is 0 Å². The number of thiazole rings is 1. The van der Waals surface area contributed by atoms with E-state index in [0.29, 0.717) is 21.1 Å². The Hall–Kier alpha value is -3.24. The molecule has 2 aromatic carbocycles. The van der Waals surface area contributed by atoms with Gasteiger partial charge in [-0.3, -0.25) is 19.5 Å². The Balaban J connectivity index is 1.73.